The van der Waals surface area contributed by atoms with Gasteiger partial charge in [0, 0.05) is 5.56 Å². The third-order valence-corrected chi connectivity index (χ3v) is 5.58. The Morgan fingerprint density at radius 3 is 2.21 bits per heavy atom. The first-order chi connectivity index (χ1) is 8.75. The smallest absolute Gasteiger partial charge is 0.186 e. The van der Waals surface area contributed by atoms with Crippen molar-refractivity contribution in [2.24, 2.45) is 0 Å². The molecule has 102 valence electrons. The van der Waals surface area contributed by atoms with E-state index >= 15 is 0 Å². The molecule has 1 N–H and O–H groups in total. The molecule has 0 unspecified atom stereocenters. The first-order valence-corrected chi connectivity index (χ1v) is 7.93. The molecule has 1 heterocycles. The Morgan fingerprint density at radius 2 is 1.68 bits per heavy atom. The molecular formula is C13H12Cl2O3S. The first-order valence-electron chi connectivity index (χ1n) is 5.53. The van der Waals surface area contributed by atoms with Crippen molar-refractivity contribution in [2.45, 2.75) is 13.8 Å². The molecule has 0 aromatic heterocycles. The van der Waals surface area contributed by atoms with Gasteiger partial charge in [0.25, 0.3) is 0 Å². The normalized spacial score (nSPS) is 18.9. The number of hydrogen-bond donors (Lipinski definition) is 1. The van der Waals surface area contributed by atoms with Crippen LogP contribution in [0.3, 0.4) is 0 Å². The third kappa shape index (κ3) is 2.40. The summed E-state index contributed by atoms with van der Waals surface area (Å²) >= 11 is 12.1. The van der Waals surface area contributed by atoms with Crippen molar-refractivity contribution in [3.8, 4) is 0 Å². The lowest BCUT2D eigenvalue weighted by Gasteiger charge is -2.21. The van der Waals surface area contributed by atoms with Crippen molar-refractivity contribution in [3.63, 3.8) is 0 Å². The molecule has 1 aliphatic rings. The zero-order valence-electron chi connectivity index (χ0n) is 10.4. The lowest BCUT2D eigenvalue weighted by molar-refractivity contribution is 0.425. The van der Waals surface area contributed by atoms with Crippen LogP contribution in [0, 0.1) is 0 Å². The monoisotopic (exact) mass is 318 g/mol. The predicted molar refractivity (Wildman–Crippen MR) is 78.2 cm³/mol. The largest absolute Gasteiger partial charge is 0.506 e. The van der Waals surface area contributed by atoms with Gasteiger partial charge in [-0.05, 0) is 31.6 Å². The standard InChI is InChI=1S/C13H12Cl2O3S/c1-7-6-19(17,18)13(12(16)8(7)2)11-9(14)4-3-5-10(11)15/h3-5,16H,6H2,1-2H3. The van der Waals surface area contributed by atoms with E-state index in [0.29, 0.717) is 11.1 Å². The molecule has 6 heteroatoms. The van der Waals surface area contributed by atoms with Gasteiger partial charge in [-0.1, -0.05) is 34.8 Å². The first kappa shape index (κ1) is 14.4. The highest BCUT2D eigenvalue weighted by atomic mass is 35.5. The Hall–Kier alpha value is -0.970. The molecule has 0 amide bonds. The second-order valence-electron chi connectivity index (χ2n) is 4.44. The fraction of sp³-hybridized carbons (Fsp3) is 0.231. The molecule has 0 atom stereocenters. The van der Waals surface area contributed by atoms with Gasteiger partial charge in [-0.15, -0.1) is 0 Å². The number of allylic oxidation sites excluding steroid dienone is 1. The molecule has 0 saturated carbocycles. The van der Waals surface area contributed by atoms with Crippen LogP contribution in [0.2, 0.25) is 10.0 Å². The van der Waals surface area contributed by atoms with Gasteiger partial charge in [-0.25, -0.2) is 8.42 Å². The summed E-state index contributed by atoms with van der Waals surface area (Å²) in [4.78, 5) is -0.189. The van der Waals surface area contributed by atoms with Gasteiger partial charge in [0.05, 0.1) is 15.8 Å². The minimum Gasteiger partial charge on any atom is -0.506 e. The Kier molecular flexibility index (Phi) is 3.69. The van der Waals surface area contributed by atoms with Gasteiger partial charge in [0.2, 0.25) is 0 Å². The van der Waals surface area contributed by atoms with Crippen molar-refractivity contribution in [1.29, 1.82) is 0 Å². The van der Waals surface area contributed by atoms with E-state index in [1.165, 1.54) is 0 Å². The van der Waals surface area contributed by atoms with Crippen molar-refractivity contribution >= 4 is 37.9 Å². The van der Waals surface area contributed by atoms with E-state index < -0.39 is 9.84 Å². The molecule has 0 saturated heterocycles. The molecule has 0 aliphatic carbocycles. The topological polar surface area (TPSA) is 54.4 Å². The minimum atomic E-state index is -3.65. The van der Waals surface area contributed by atoms with Gasteiger partial charge in [0.15, 0.2) is 9.84 Å². The highest BCUT2D eigenvalue weighted by molar-refractivity contribution is 8.00. The Bertz CT molecular complexity index is 695. The number of aliphatic hydroxyl groups excluding tert-OH is 1. The van der Waals surface area contributed by atoms with E-state index in [1.807, 2.05) is 0 Å². The maximum Gasteiger partial charge on any atom is 0.186 e. The quantitative estimate of drug-likeness (QED) is 0.851. The highest BCUT2D eigenvalue weighted by Gasteiger charge is 2.33. The molecule has 3 nitrogen and oxygen atoms in total. The molecule has 2 rings (SSSR count). The van der Waals surface area contributed by atoms with Crippen LogP contribution < -0.4 is 0 Å². The molecular weight excluding hydrogens is 307 g/mol. The highest BCUT2D eigenvalue weighted by Crippen LogP contribution is 2.40. The summed E-state index contributed by atoms with van der Waals surface area (Å²) < 4.78 is 24.6. The van der Waals surface area contributed by atoms with Gasteiger partial charge in [0.1, 0.15) is 10.7 Å². The fourth-order valence-electron chi connectivity index (χ4n) is 1.97. The van der Waals surface area contributed by atoms with Gasteiger partial charge in [-0.3, -0.25) is 0 Å². The minimum absolute atomic E-state index is 0.139. The van der Waals surface area contributed by atoms with E-state index in [4.69, 9.17) is 23.2 Å². The van der Waals surface area contributed by atoms with Crippen molar-refractivity contribution in [2.75, 3.05) is 5.75 Å². The zero-order valence-corrected chi connectivity index (χ0v) is 12.7. The number of benzene rings is 1. The number of aliphatic hydroxyl groups is 1. The molecule has 0 radical (unpaired) electrons. The van der Waals surface area contributed by atoms with Gasteiger partial charge >= 0.3 is 0 Å². The maximum absolute atomic E-state index is 12.3. The summed E-state index contributed by atoms with van der Waals surface area (Å²) in [6.45, 7) is 3.35. The van der Waals surface area contributed by atoms with Crippen LogP contribution in [0.15, 0.2) is 35.1 Å². The average molecular weight is 319 g/mol. The van der Waals surface area contributed by atoms with Crippen LogP contribution >= 0.6 is 23.2 Å². The average Bonchev–Trinajstić information content (AvgIpc) is 2.29. The van der Waals surface area contributed by atoms with Crippen LogP contribution in [0.4, 0.5) is 0 Å². The summed E-state index contributed by atoms with van der Waals surface area (Å²) in [5.74, 6) is -0.418. The molecule has 19 heavy (non-hydrogen) atoms. The van der Waals surface area contributed by atoms with E-state index in [0.717, 1.165) is 0 Å². The number of halogens is 2. The summed E-state index contributed by atoms with van der Waals surface area (Å²) in [5.41, 5.74) is 1.32. The second-order valence-corrected chi connectivity index (χ2v) is 7.18. The molecule has 0 bridgehead atoms. The van der Waals surface area contributed by atoms with Crippen LogP contribution in [0.1, 0.15) is 19.4 Å². The molecule has 1 aromatic carbocycles. The fourth-order valence-corrected chi connectivity index (χ4v) is 4.58. The van der Waals surface area contributed by atoms with Crippen molar-refractivity contribution < 1.29 is 13.5 Å². The van der Waals surface area contributed by atoms with E-state index in [-0.39, 0.29) is 32.0 Å². The Balaban J connectivity index is 2.86. The van der Waals surface area contributed by atoms with Crippen molar-refractivity contribution in [1.82, 2.24) is 0 Å². The second kappa shape index (κ2) is 4.85. The third-order valence-electron chi connectivity index (χ3n) is 3.12. The number of hydrogen-bond acceptors (Lipinski definition) is 3. The lowest BCUT2D eigenvalue weighted by Crippen LogP contribution is -2.18. The summed E-state index contributed by atoms with van der Waals surface area (Å²) in [6, 6.07) is 4.70. The molecule has 0 spiro atoms. The molecule has 0 fully saturated rings. The van der Waals surface area contributed by atoms with Crippen LogP contribution in [-0.4, -0.2) is 19.3 Å². The van der Waals surface area contributed by atoms with E-state index in [2.05, 4.69) is 0 Å². The number of rotatable bonds is 1. The van der Waals surface area contributed by atoms with E-state index in [9.17, 15) is 13.5 Å². The van der Waals surface area contributed by atoms with E-state index in [1.54, 1.807) is 32.0 Å². The van der Waals surface area contributed by atoms with Gasteiger partial charge in [-0.2, -0.15) is 0 Å². The summed E-state index contributed by atoms with van der Waals surface area (Å²) in [7, 11) is -3.65. The van der Waals surface area contributed by atoms with Gasteiger partial charge < -0.3 is 5.11 Å². The molecule has 1 aromatic rings. The number of sulfone groups is 1. The zero-order chi connectivity index (χ0) is 14.4. The summed E-state index contributed by atoms with van der Waals surface area (Å²) in [6.07, 6.45) is 0. The van der Waals surface area contributed by atoms with Crippen LogP contribution in [0.25, 0.3) is 4.91 Å². The lowest BCUT2D eigenvalue weighted by atomic mass is 10.1. The van der Waals surface area contributed by atoms with Crippen LogP contribution in [0.5, 0.6) is 0 Å². The summed E-state index contributed by atoms with van der Waals surface area (Å²) in [5, 5.41) is 10.6. The molecule has 1 aliphatic heterocycles. The Morgan fingerprint density at radius 1 is 1.16 bits per heavy atom. The maximum atomic E-state index is 12.3. The SMILES string of the molecule is CC1=C(C)C(O)=C(c2c(Cl)cccc2Cl)S(=O)(=O)C1. The predicted octanol–water partition coefficient (Wildman–Crippen LogP) is 3.98. The van der Waals surface area contributed by atoms with Crippen molar-refractivity contribution in [3.05, 3.63) is 50.7 Å². The van der Waals surface area contributed by atoms with Crippen LogP contribution in [-0.2, 0) is 9.84 Å². The Labute approximate surface area is 122 Å².